The molecule has 1 aliphatic carbocycles. The summed E-state index contributed by atoms with van der Waals surface area (Å²) in [5, 5.41) is 11.2. The lowest BCUT2D eigenvalue weighted by Gasteiger charge is -2.21. The van der Waals surface area contributed by atoms with Gasteiger partial charge in [0.25, 0.3) is 11.7 Å². The molecule has 1 amide bonds. The number of carbonyl (C=O) groups is 1. The number of carbonyl (C=O) groups excluding carboxylic acids is 1. The van der Waals surface area contributed by atoms with Crippen LogP contribution in [0.2, 0.25) is 0 Å². The maximum atomic E-state index is 12.1. The van der Waals surface area contributed by atoms with Crippen molar-refractivity contribution in [2.45, 2.75) is 70.6 Å². The summed E-state index contributed by atoms with van der Waals surface area (Å²) in [6.45, 7) is 8.16. The molecule has 0 unspecified atom stereocenters. The monoisotopic (exact) mass is 358 g/mol. The van der Waals surface area contributed by atoms with Gasteiger partial charge in [0.05, 0.1) is 17.8 Å². The van der Waals surface area contributed by atoms with Gasteiger partial charge in [-0.1, -0.05) is 5.16 Å². The Hall–Kier alpha value is -2.22. The van der Waals surface area contributed by atoms with Gasteiger partial charge in [-0.15, -0.1) is 0 Å². The Balaban J connectivity index is 1.44. The average molecular weight is 358 g/mol. The summed E-state index contributed by atoms with van der Waals surface area (Å²) in [6, 6.07) is 0.342. The van der Waals surface area contributed by atoms with Crippen molar-refractivity contribution in [3.05, 3.63) is 29.7 Å². The van der Waals surface area contributed by atoms with E-state index in [1.807, 2.05) is 10.9 Å². The number of likely N-dealkylation sites (tertiary alicyclic amines) is 1. The van der Waals surface area contributed by atoms with Crippen LogP contribution in [0.25, 0.3) is 0 Å². The predicted octanol–water partition coefficient (Wildman–Crippen LogP) is 2.25. The highest BCUT2D eigenvalue weighted by atomic mass is 16.5. The van der Waals surface area contributed by atoms with Crippen molar-refractivity contribution in [1.29, 1.82) is 0 Å². The molecule has 2 aromatic rings. The van der Waals surface area contributed by atoms with E-state index >= 15 is 0 Å². The second-order valence-corrected chi connectivity index (χ2v) is 8.30. The molecule has 3 heterocycles. The van der Waals surface area contributed by atoms with Gasteiger partial charge in [0.2, 0.25) is 5.89 Å². The molecule has 0 radical (unpaired) electrons. The summed E-state index contributed by atoms with van der Waals surface area (Å²) in [7, 11) is 0. The van der Waals surface area contributed by atoms with E-state index in [9.17, 15) is 4.79 Å². The number of aromatic nitrogens is 4. The number of hydrogen-bond acceptors (Lipinski definition) is 6. The van der Waals surface area contributed by atoms with E-state index in [-0.39, 0.29) is 29.4 Å². The number of nitrogens with one attached hydrogen (secondary N) is 1. The third-order valence-electron chi connectivity index (χ3n) is 4.92. The van der Waals surface area contributed by atoms with E-state index in [0.29, 0.717) is 5.89 Å². The Bertz CT molecular complexity index is 786. The molecular formula is C18H26N6O2. The fourth-order valence-corrected chi connectivity index (χ4v) is 3.28. The Morgan fingerprint density at radius 1 is 1.35 bits per heavy atom. The van der Waals surface area contributed by atoms with Gasteiger partial charge < -0.3 is 9.84 Å². The summed E-state index contributed by atoms with van der Waals surface area (Å²) in [5.41, 5.74) is 1.14. The molecule has 8 heteroatoms. The molecule has 2 fully saturated rings. The van der Waals surface area contributed by atoms with Crippen molar-refractivity contribution >= 4 is 5.91 Å². The molecule has 140 valence electrons. The number of hydrogen-bond donors (Lipinski definition) is 1. The average Bonchev–Trinajstić information content (AvgIpc) is 3.01. The zero-order chi connectivity index (χ0) is 18.3. The lowest BCUT2D eigenvalue weighted by atomic mass is 10.1. The first-order valence-corrected chi connectivity index (χ1v) is 9.33. The Labute approximate surface area is 152 Å². The minimum atomic E-state index is -0.237. The maximum absolute atomic E-state index is 12.1. The largest absolute Gasteiger partial charge is 0.346 e. The molecule has 2 aromatic heterocycles. The van der Waals surface area contributed by atoms with Gasteiger partial charge in [-0.3, -0.25) is 14.4 Å². The quantitative estimate of drug-likeness (QED) is 0.882. The van der Waals surface area contributed by atoms with Gasteiger partial charge in [-0.05, 0) is 53.0 Å². The number of amides is 1. The van der Waals surface area contributed by atoms with Crippen LogP contribution < -0.4 is 5.32 Å². The minimum Gasteiger partial charge on any atom is -0.346 e. The molecule has 4 rings (SSSR count). The van der Waals surface area contributed by atoms with E-state index in [4.69, 9.17) is 4.52 Å². The molecule has 0 spiro atoms. The zero-order valence-electron chi connectivity index (χ0n) is 15.6. The SMILES string of the molecule is CC(C)(C)n1cc(CN2CCC[C@@H]2c2nc(C(=O)NC3CC3)no2)cn1. The number of nitrogens with zero attached hydrogens (tertiary/aromatic N) is 5. The third kappa shape index (κ3) is 3.65. The van der Waals surface area contributed by atoms with Crippen molar-refractivity contribution in [1.82, 2.24) is 30.1 Å². The van der Waals surface area contributed by atoms with Crippen LogP contribution in [0, 0.1) is 0 Å². The highest BCUT2D eigenvalue weighted by Gasteiger charge is 2.33. The highest BCUT2D eigenvalue weighted by molar-refractivity contribution is 5.90. The molecule has 1 aliphatic heterocycles. The van der Waals surface area contributed by atoms with Gasteiger partial charge in [0.15, 0.2) is 0 Å². The van der Waals surface area contributed by atoms with E-state index in [0.717, 1.165) is 44.3 Å². The predicted molar refractivity (Wildman–Crippen MR) is 94.4 cm³/mol. The zero-order valence-corrected chi connectivity index (χ0v) is 15.6. The maximum Gasteiger partial charge on any atom is 0.292 e. The first kappa shape index (κ1) is 17.2. The molecule has 26 heavy (non-hydrogen) atoms. The van der Waals surface area contributed by atoms with Crippen LogP contribution in [0.4, 0.5) is 0 Å². The van der Waals surface area contributed by atoms with Crippen LogP contribution in [0.1, 0.15) is 74.6 Å². The van der Waals surface area contributed by atoms with Gasteiger partial charge in [-0.2, -0.15) is 10.1 Å². The van der Waals surface area contributed by atoms with E-state index in [1.165, 1.54) is 0 Å². The van der Waals surface area contributed by atoms with Crippen LogP contribution in [0.3, 0.4) is 0 Å². The first-order valence-electron chi connectivity index (χ1n) is 9.33. The topological polar surface area (TPSA) is 89.1 Å². The Kier molecular flexibility index (Phi) is 4.30. The van der Waals surface area contributed by atoms with Crippen molar-refractivity contribution in [3.8, 4) is 0 Å². The lowest BCUT2D eigenvalue weighted by molar-refractivity contribution is 0.0937. The van der Waals surface area contributed by atoms with Crippen molar-refractivity contribution in [3.63, 3.8) is 0 Å². The summed E-state index contributed by atoms with van der Waals surface area (Å²) >= 11 is 0. The van der Waals surface area contributed by atoms with Crippen LogP contribution in [0.5, 0.6) is 0 Å². The normalized spacial score (nSPS) is 21.3. The molecule has 0 aromatic carbocycles. The van der Waals surface area contributed by atoms with Crippen LogP contribution in [0.15, 0.2) is 16.9 Å². The Morgan fingerprint density at radius 3 is 2.85 bits per heavy atom. The molecule has 2 aliphatic rings. The first-order chi connectivity index (χ1) is 12.4. The fourth-order valence-electron chi connectivity index (χ4n) is 3.28. The fraction of sp³-hybridized carbons (Fsp3) is 0.667. The van der Waals surface area contributed by atoms with Gasteiger partial charge in [-0.25, -0.2) is 0 Å². The Morgan fingerprint density at radius 2 is 2.15 bits per heavy atom. The second-order valence-electron chi connectivity index (χ2n) is 8.30. The molecule has 1 N–H and O–H groups in total. The molecule has 0 bridgehead atoms. The van der Waals surface area contributed by atoms with Gasteiger partial charge >= 0.3 is 0 Å². The second kappa shape index (κ2) is 6.50. The smallest absolute Gasteiger partial charge is 0.292 e. The molecule has 1 saturated heterocycles. The molecule has 1 saturated carbocycles. The summed E-state index contributed by atoms with van der Waals surface area (Å²) < 4.78 is 7.40. The molecular weight excluding hydrogens is 332 g/mol. The van der Waals surface area contributed by atoms with E-state index in [1.54, 1.807) is 0 Å². The van der Waals surface area contributed by atoms with Crippen LogP contribution >= 0.6 is 0 Å². The van der Waals surface area contributed by atoms with Crippen LogP contribution in [-0.2, 0) is 12.1 Å². The molecule has 1 atom stereocenters. The van der Waals surface area contributed by atoms with Crippen molar-refractivity contribution in [2.75, 3.05) is 6.54 Å². The summed E-state index contributed by atoms with van der Waals surface area (Å²) in [5.74, 6) is 0.435. The van der Waals surface area contributed by atoms with Crippen molar-refractivity contribution < 1.29 is 9.32 Å². The number of rotatable bonds is 5. The van der Waals surface area contributed by atoms with Gasteiger partial charge in [0.1, 0.15) is 0 Å². The van der Waals surface area contributed by atoms with Crippen molar-refractivity contribution in [2.24, 2.45) is 0 Å². The summed E-state index contributed by atoms with van der Waals surface area (Å²) in [6.07, 6.45) is 8.12. The summed E-state index contributed by atoms with van der Waals surface area (Å²) in [4.78, 5) is 18.7. The lowest BCUT2D eigenvalue weighted by Crippen LogP contribution is -2.27. The van der Waals surface area contributed by atoms with Gasteiger partial charge in [0, 0.05) is 24.3 Å². The highest BCUT2D eigenvalue weighted by Crippen LogP contribution is 2.32. The van der Waals surface area contributed by atoms with E-state index in [2.05, 4.69) is 52.4 Å². The molecule has 8 nitrogen and oxygen atoms in total. The van der Waals surface area contributed by atoms with Crippen LogP contribution in [-0.4, -0.2) is 43.3 Å². The minimum absolute atomic E-state index is 0.0288. The van der Waals surface area contributed by atoms with E-state index < -0.39 is 0 Å². The third-order valence-corrected chi connectivity index (χ3v) is 4.92. The standard InChI is InChI=1S/C18H26N6O2/c1-18(2,3)24-11-12(9-19-24)10-23-8-4-5-14(23)17-21-15(22-26-17)16(25)20-13-6-7-13/h9,11,13-14H,4-8,10H2,1-3H3,(H,20,25)/t14-/m1/s1.